The summed E-state index contributed by atoms with van der Waals surface area (Å²) >= 11 is 0. The third kappa shape index (κ3) is 2.31. The van der Waals surface area contributed by atoms with E-state index in [0.717, 1.165) is 18.2 Å². The molecule has 15 heavy (non-hydrogen) atoms. The zero-order chi connectivity index (χ0) is 10.5. The number of imidazole rings is 1. The van der Waals surface area contributed by atoms with Crippen molar-refractivity contribution in [3.8, 4) is 0 Å². The Labute approximate surface area is 88.2 Å². The topological polar surface area (TPSA) is 55.6 Å². The van der Waals surface area contributed by atoms with E-state index < -0.39 is 0 Å². The number of aryl methyl sites for hydroxylation is 1. The molecule has 2 aromatic heterocycles. The fourth-order valence-corrected chi connectivity index (χ4v) is 1.33. The van der Waals surface area contributed by atoms with E-state index in [1.807, 2.05) is 22.9 Å². The van der Waals surface area contributed by atoms with Gasteiger partial charge in [0.05, 0.1) is 12.2 Å². The van der Waals surface area contributed by atoms with Gasteiger partial charge >= 0.3 is 0 Å². The number of nitrogens with zero attached hydrogens (tertiary/aromatic N) is 4. The summed E-state index contributed by atoms with van der Waals surface area (Å²) in [5, 5.41) is 11.0. The van der Waals surface area contributed by atoms with Gasteiger partial charge in [-0.15, -0.1) is 0 Å². The van der Waals surface area contributed by atoms with E-state index >= 15 is 0 Å². The summed E-state index contributed by atoms with van der Waals surface area (Å²) < 4.78 is 2.04. The van der Waals surface area contributed by atoms with Crippen molar-refractivity contribution < 1.29 is 0 Å². The lowest BCUT2D eigenvalue weighted by atomic mass is 10.4. The number of hydrogen-bond acceptors (Lipinski definition) is 4. The second kappa shape index (κ2) is 4.54. The summed E-state index contributed by atoms with van der Waals surface area (Å²) in [5.74, 6) is 0.864. The van der Waals surface area contributed by atoms with E-state index in [2.05, 4.69) is 27.4 Å². The second-order valence-corrected chi connectivity index (χ2v) is 3.11. The number of hydrogen-bond donors (Lipinski definition) is 1. The fourth-order valence-electron chi connectivity index (χ4n) is 1.33. The molecular weight excluding hydrogens is 190 g/mol. The maximum atomic E-state index is 4.21. The number of nitrogens with one attached hydrogen (secondary N) is 1. The van der Waals surface area contributed by atoms with E-state index in [1.54, 1.807) is 12.4 Å². The van der Waals surface area contributed by atoms with Gasteiger partial charge in [-0.3, -0.25) is 0 Å². The SMILES string of the molecule is CCn1ccnc1NCc1cccnn1. The van der Waals surface area contributed by atoms with Crippen LogP contribution in [-0.2, 0) is 13.1 Å². The lowest BCUT2D eigenvalue weighted by Crippen LogP contribution is -2.07. The van der Waals surface area contributed by atoms with Gasteiger partial charge in [-0.05, 0) is 19.1 Å². The Morgan fingerprint density at radius 2 is 2.33 bits per heavy atom. The molecule has 0 saturated carbocycles. The number of rotatable bonds is 4. The predicted molar refractivity (Wildman–Crippen MR) is 57.3 cm³/mol. The molecule has 0 aliphatic rings. The standard InChI is InChI=1S/C10H13N5/c1-2-15-7-6-11-10(15)12-8-9-4-3-5-13-14-9/h3-7H,2,8H2,1H3,(H,11,12). The van der Waals surface area contributed by atoms with Crippen LogP contribution in [0.5, 0.6) is 0 Å². The summed E-state index contributed by atoms with van der Waals surface area (Å²) in [7, 11) is 0. The van der Waals surface area contributed by atoms with Crippen molar-refractivity contribution in [1.82, 2.24) is 19.7 Å². The van der Waals surface area contributed by atoms with Gasteiger partial charge in [-0.2, -0.15) is 10.2 Å². The average molecular weight is 203 g/mol. The molecule has 0 spiro atoms. The minimum absolute atomic E-state index is 0.644. The Kier molecular flexibility index (Phi) is 2.92. The molecule has 1 N–H and O–H groups in total. The zero-order valence-corrected chi connectivity index (χ0v) is 8.59. The number of aromatic nitrogens is 4. The molecule has 5 nitrogen and oxygen atoms in total. The molecule has 0 unspecified atom stereocenters. The fraction of sp³-hybridized carbons (Fsp3) is 0.300. The van der Waals surface area contributed by atoms with E-state index in [-0.39, 0.29) is 0 Å². The van der Waals surface area contributed by atoms with Crippen LogP contribution in [0.4, 0.5) is 5.95 Å². The first kappa shape index (κ1) is 9.64. The van der Waals surface area contributed by atoms with Gasteiger partial charge in [0, 0.05) is 25.1 Å². The van der Waals surface area contributed by atoms with Crippen LogP contribution in [0.15, 0.2) is 30.7 Å². The molecule has 0 bridgehead atoms. The summed E-state index contributed by atoms with van der Waals surface area (Å²) in [6, 6.07) is 3.80. The third-order valence-electron chi connectivity index (χ3n) is 2.11. The molecule has 0 aromatic carbocycles. The lowest BCUT2D eigenvalue weighted by molar-refractivity contribution is 0.760. The molecule has 0 radical (unpaired) electrons. The molecule has 2 rings (SSSR count). The summed E-state index contributed by atoms with van der Waals surface area (Å²) in [4.78, 5) is 4.21. The van der Waals surface area contributed by atoms with Gasteiger partial charge in [0.2, 0.25) is 5.95 Å². The molecule has 2 aromatic rings. The highest BCUT2D eigenvalue weighted by Gasteiger charge is 2.00. The van der Waals surface area contributed by atoms with Crippen molar-refractivity contribution in [1.29, 1.82) is 0 Å². The number of anilines is 1. The highest BCUT2D eigenvalue weighted by Crippen LogP contribution is 2.05. The smallest absolute Gasteiger partial charge is 0.203 e. The highest BCUT2D eigenvalue weighted by molar-refractivity contribution is 5.26. The summed E-state index contributed by atoms with van der Waals surface area (Å²) in [5.41, 5.74) is 0.906. The normalized spacial score (nSPS) is 10.2. The quantitative estimate of drug-likeness (QED) is 0.813. The van der Waals surface area contributed by atoms with Crippen LogP contribution in [-0.4, -0.2) is 19.7 Å². The van der Waals surface area contributed by atoms with Crippen LogP contribution in [0, 0.1) is 0 Å². The van der Waals surface area contributed by atoms with Crippen molar-refractivity contribution in [3.05, 3.63) is 36.4 Å². The van der Waals surface area contributed by atoms with Gasteiger partial charge in [-0.25, -0.2) is 4.98 Å². The van der Waals surface area contributed by atoms with E-state index in [1.165, 1.54) is 0 Å². The van der Waals surface area contributed by atoms with Crippen LogP contribution in [0.3, 0.4) is 0 Å². The monoisotopic (exact) mass is 203 g/mol. The Morgan fingerprint density at radius 1 is 1.40 bits per heavy atom. The maximum Gasteiger partial charge on any atom is 0.203 e. The Hall–Kier alpha value is -1.91. The van der Waals surface area contributed by atoms with Crippen molar-refractivity contribution in [3.63, 3.8) is 0 Å². The molecule has 78 valence electrons. The Bertz CT molecular complexity index is 409. The lowest BCUT2D eigenvalue weighted by Gasteiger charge is -2.06. The molecule has 0 aliphatic carbocycles. The molecular formula is C10H13N5. The molecule has 5 heteroatoms. The van der Waals surface area contributed by atoms with E-state index in [9.17, 15) is 0 Å². The predicted octanol–water partition coefficient (Wildman–Crippen LogP) is 1.31. The van der Waals surface area contributed by atoms with Crippen LogP contribution in [0.2, 0.25) is 0 Å². The first-order valence-corrected chi connectivity index (χ1v) is 4.91. The average Bonchev–Trinajstić information content (AvgIpc) is 2.75. The minimum atomic E-state index is 0.644. The molecule has 0 fully saturated rings. The van der Waals surface area contributed by atoms with E-state index in [4.69, 9.17) is 0 Å². The van der Waals surface area contributed by atoms with Crippen molar-refractivity contribution in [2.75, 3.05) is 5.32 Å². The van der Waals surface area contributed by atoms with Gasteiger partial charge in [0.15, 0.2) is 0 Å². The molecule has 0 saturated heterocycles. The van der Waals surface area contributed by atoms with Crippen LogP contribution < -0.4 is 5.32 Å². The van der Waals surface area contributed by atoms with E-state index in [0.29, 0.717) is 6.54 Å². The second-order valence-electron chi connectivity index (χ2n) is 3.11. The third-order valence-corrected chi connectivity index (χ3v) is 2.11. The minimum Gasteiger partial charge on any atom is -0.350 e. The van der Waals surface area contributed by atoms with Gasteiger partial charge in [0.25, 0.3) is 0 Å². The van der Waals surface area contributed by atoms with Gasteiger partial charge in [0.1, 0.15) is 0 Å². The first-order chi connectivity index (χ1) is 7.40. The first-order valence-electron chi connectivity index (χ1n) is 4.91. The Morgan fingerprint density at radius 3 is 3.07 bits per heavy atom. The summed E-state index contributed by atoms with van der Waals surface area (Å²) in [6.45, 7) is 3.63. The summed E-state index contributed by atoms with van der Waals surface area (Å²) in [6.07, 6.45) is 5.39. The largest absolute Gasteiger partial charge is 0.350 e. The van der Waals surface area contributed by atoms with Crippen LogP contribution in [0.25, 0.3) is 0 Å². The molecule has 0 atom stereocenters. The highest BCUT2D eigenvalue weighted by atomic mass is 15.2. The van der Waals surface area contributed by atoms with Crippen molar-refractivity contribution in [2.45, 2.75) is 20.0 Å². The van der Waals surface area contributed by atoms with Crippen LogP contribution in [0.1, 0.15) is 12.6 Å². The molecule has 0 aliphatic heterocycles. The molecule has 2 heterocycles. The van der Waals surface area contributed by atoms with Gasteiger partial charge in [-0.1, -0.05) is 0 Å². The molecule has 0 amide bonds. The Balaban J connectivity index is 1.99. The van der Waals surface area contributed by atoms with Crippen molar-refractivity contribution >= 4 is 5.95 Å². The van der Waals surface area contributed by atoms with Gasteiger partial charge < -0.3 is 9.88 Å². The van der Waals surface area contributed by atoms with Crippen molar-refractivity contribution in [2.24, 2.45) is 0 Å². The van der Waals surface area contributed by atoms with Crippen LogP contribution >= 0.6 is 0 Å². The maximum absolute atomic E-state index is 4.21. The zero-order valence-electron chi connectivity index (χ0n) is 8.59.